The van der Waals surface area contributed by atoms with E-state index in [9.17, 15) is 4.79 Å². The van der Waals surface area contributed by atoms with Crippen LogP contribution in [-0.4, -0.2) is 75.4 Å². The predicted molar refractivity (Wildman–Crippen MR) is 132 cm³/mol. The van der Waals surface area contributed by atoms with E-state index in [1.807, 2.05) is 12.1 Å². The molecular formula is C27H36N4O2. The normalized spacial score (nSPS) is 20.1. The monoisotopic (exact) mass is 448 g/mol. The van der Waals surface area contributed by atoms with E-state index in [1.54, 1.807) is 0 Å². The minimum atomic E-state index is 0.00952. The molecule has 0 unspecified atom stereocenters. The maximum Gasteiger partial charge on any atom is 0.251 e. The van der Waals surface area contributed by atoms with Crippen LogP contribution in [0.15, 0.2) is 48.5 Å². The molecule has 5 rings (SSSR count). The van der Waals surface area contributed by atoms with Gasteiger partial charge in [0.25, 0.3) is 5.91 Å². The second-order valence-corrected chi connectivity index (χ2v) is 9.56. The van der Waals surface area contributed by atoms with E-state index in [4.69, 9.17) is 4.74 Å². The topological polar surface area (TPSA) is 56.8 Å². The van der Waals surface area contributed by atoms with Crippen LogP contribution in [0.3, 0.4) is 0 Å². The first-order chi connectivity index (χ1) is 16.2. The molecule has 2 aromatic carbocycles. The molecule has 2 N–H and O–H groups in total. The molecular weight excluding hydrogens is 412 g/mol. The summed E-state index contributed by atoms with van der Waals surface area (Å²) in [6.45, 7) is 7.15. The second-order valence-electron chi connectivity index (χ2n) is 9.56. The van der Waals surface area contributed by atoms with Crippen molar-refractivity contribution in [3.63, 3.8) is 0 Å². The number of amides is 1. The first-order valence-corrected chi connectivity index (χ1v) is 12.5. The Balaban J connectivity index is 1.04. The zero-order valence-electron chi connectivity index (χ0n) is 19.5. The van der Waals surface area contributed by atoms with Crippen LogP contribution in [0.5, 0.6) is 0 Å². The van der Waals surface area contributed by atoms with Crippen LogP contribution in [0.4, 0.5) is 5.69 Å². The Morgan fingerprint density at radius 2 is 1.55 bits per heavy atom. The number of ether oxygens (including phenoxy) is 1. The molecule has 33 heavy (non-hydrogen) atoms. The quantitative estimate of drug-likeness (QED) is 0.682. The molecule has 0 bridgehead atoms. The summed E-state index contributed by atoms with van der Waals surface area (Å²) in [5.74, 6) is 0.00952. The lowest BCUT2D eigenvalue weighted by atomic mass is 10.0. The van der Waals surface area contributed by atoms with E-state index >= 15 is 0 Å². The summed E-state index contributed by atoms with van der Waals surface area (Å²) in [7, 11) is 0. The Bertz CT molecular complexity index is 893. The summed E-state index contributed by atoms with van der Waals surface area (Å²) in [6, 6.07) is 18.1. The number of nitrogens with zero attached hydrogens (tertiary/aromatic N) is 2. The molecule has 1 aliphatic carbocycles. The van der Waals surface area contributed by atoms with Crippen molar-refractivity contribution < 1.29 is 9.53 Å². The zero-order chi connectivity index (χ0) is 22.5. The number of fused-ring (bicyclic) bond motifs is 1. The molecule has 6 nitrogen and oxygen atoms in total. The van der Waals surface area contributed by atoms with Crippen LogP contribution in [0.25, 0.3) is 0 Å². The third-order valence-electron chi connectivity index (χ3n) is 7.33. The molecule has 1 amide bonds. The lowest BCUT2D eigenvalue weighted by molar-refractivity contribution is 0.0383. The van der Waals surface area contributed by atoms with E-state index in [0.29, 0.717) is 18.6 Å². The first kappa shape index (κ1) is 22.4. The number of benzene rings is 2. The Hall–Kier alpha value is -2.41. The second kappa shape index (κ2) is 10.7. The maximum absolute atomic E-state index is 12.5. The Morgan fingerprint density at radius 1 is 0.879 bits per heavy atom. The van der Waals surface area contributed by atoms with Gasteiger partial charge in [0.1, 0.15) is 0 Å². The van der Waals surface area contributed by atoms with Crippen molar-refractivity contribution in [3.05, 3.63) is 65.2 Å². The summed E-state index contributed by atoms with van der Waals surface area (Å²) < 4.78 is 5.37. The number of piperidine rings is 1. The highest BCUT2D eigenvalue weighted by molar-refractivity contribution is 5.94. The van der Waals surface area contributed by atoms with Gasteiger partial charge in [-0.3, -0.25) is 9.69 Å². The van der Waals surface area contributed by atoms with Gasteiger partial charge < -0.3 is 20.3 Å². The van der Waals surface area contributed by atoms with Crippen molar-refractivity contribution in [1.82, 2.24) is 15.5 Å². The number of anilines is 1. The standard InChI is InChI=1S/C27H36N4O2/c32-27(28-11-14-30-15-17-33-18-16-30)21-5-7-26(8-6-21)31-12-9-24(10-13-31)29-25-19-22-3-1-2-4-23(22)20-25/h1-8,24-25,29H,9-20H2,(H,28,32). The summed E-state index contributed by atoms with van der Waals surface area (Å²) in [4.78, 5) is 17.3. The fourth-order valence-electron chi connectivity index (χ4n) is 5.39. The van der Waals surface area contributed by atoms with Crippen LogP contribution < -0.4 is 15.5 Å². The Kier molecular flexibility index (Phi) is 7.24. The SMILES string of the molecule is O=C(NCCN1CCOCC1)c1ccc(N2CCC(NC3Cc4ccccc4C3)CC2)cc1. The van der Waals surface area contributed by atoms with Crippen molar-refractivity contribution in [3.8, 4) is 0 Å². The number of morpholine rings is 1. The molecule has 2 fully saturated rings. The van der Waals surface area contributed by atoms with Crippen LogP contribution >= 0.6 is 0 Å². The highest BCUT2D eigenvalue weighted by atomic mass is 16.5. The molecule has 176 valence electrons. The first-order valence-electron chi connectivity index (χ1n) is 12.5. The van der Waals surface area contributed by atoms with Gasteiger partial charge in [-0.2, -0.15) is 0 Å². The third-order valence-corrected chi connectivity index (χ3v) is 7.33. The number of carbonyl (C=O) groups excluding carboxylic acids is 1. The predicted octanol–water partition coefficient (Wildman–Crippen LogP) is 2.47. The lowest BCUT2D eigenvalue weighted by Crippen LogP contribution is -2.46. The fraction of sp³-hybridized carbons (Fsp3) is 0.519. The van der Waals surface area contributed by atoms with Crippen molar-refractivity contribution in [2.24, 2.45) is 0 Å². The number of rotatable bonds is 7. The van der Waals surface area contributed by atoms with Crippen molar-refractivity contribution in [2.75, 3.05) is 57.4 Å². The average molecular weight is 449 g/mol. The summed E-state index contributed by atoms with van der Waals surface area (Å²) >= 11 is 0. The van der Waals surface area contributed by atoms with Gasteiger partial charge in [0.2, 0.25) is 0 Å². The van der Waals surface area contributed by atoms with E-state index in [0.717, 1.165) is 77.2 Å². The number of hydrogen-bond donors (Lipinski definition) is 2. The summed E-state index contributed by atoms with van der Waals surface area (Å²) in [5.41, 5.74) is 4.97. The van der Waals surface area contributed by atoms with Gasteiger partial charge in [-0.05, 0) is 61.1 Å². The number of carbonyl (C=O) groups is 1. The average Bonchev–Trinajstić information content (AvgIpc) is 3.27. The van der Waals surface area contributed by atoms with Crippen LogP contribution in [0, 0.1) is 0 Å². The van der Waals surface area contributed by atoms with E-state index in [1.165, 1.54) is 16.8 Å². The van der Waals surface area contributed by atoms with Gasteiger partial charge in [0.05, 0.1) is 13.2 Å². The molecule has 2 heterocycles. The maximum atomic E-state index is 12.5. The van der Waals surface area contributed by atoms with Gasteiger partial charge in [-0.1, -0.05) is 24.3 Å². The minimum Gasteiger partial charge on any atom is -0.379 e. The van der Waals surface area contributed by atoms with Gasteiger partial charge in [0.15, 0.2) is 0 Å². The fourth-order valence-corrected chi connectivity index (χ4v) is 5.39. The highest BCUT2D eigenvalue weighted by Crippen LogP contribution is 2.25. The summed E-state index contributed by atoms with van der Waals surface area (Å²) in [5, 5.41) is 6.96. The number of hydrogen-bond acceptors (Lipinski definition) is 5. The van der Waals surface area contributed by atoms with E-state index in [-0.39, 0.29) is 5.91 Å². The molecule has 2 aromatic rings. The lowest BCUT2D eigenvalue weighted by Gasteiger charge is -2.35. The molecule has 0 atom stereocenters. The molecule has 6 heteroatoms. The molecule has 2 aliphatic heterocycles. The van der Waals surface area contributed by atoms with Crippen molar-refractivity contribution >= 4 is 11.6 Å². The van der Waals surface area contributed by atoms with Crippen molar-refractivity contribution in [2.45, 2.75) is 37.8 Å². The van der Waals surface area contributed by atoms with Gasteiger partial charge in [-0.25, -0.2) is 0 Å². The number of nitrogens with one attached hydrogen (secondary N) is 2. The molecule has 0 saturated carbocycles. The largest absolute Gasteiger partial charge is 0.379 e. The van der Waals surface area contributed by atoms with E-state index < -0.39 is 0 Å². The molecule has 0 aromatic heterocycles. The van der Waals surface area contributed by atoms with Crippen LogP contribution in [-0.2, 0) is 17.6 Å². The van der Waals surface area contributed by atoms with E-state index in [2.05, 4.69) is 56.8 Å². The molecule has 3 aliphatic rings. The minimum absolute atomic E-state index is 0.00952. The van der Waals surface area contributed by atoms with Gasteiger partial charge in [0, 0.05) is 62.6 Å². The van der Waals surface area contributed by atoms with Crippen LogP contribution in [0.2, 0.25) is 0 Å². The van der Waals surface area contributed by atoms with Gasteiger partial charge in [-0.15, -0.1) is 0 Å². The Labute approximate surface area is 197 Å². The third kappa shape index (κ3) is 5.75. The smallest absolute Gasteiger partial charge is 0.251 e. The van der Waals surface area contributed by atoms with Gasteiger partial charge >= 0.3 is 0 Å². The zero-order valence-corrected chi connectivity index (χ0v) is 19.5. The van der Waals surface area contributed by atoms with Crippen LogP contribution in [0.1, 0.15) is 34.3 Å². The Morgan fingerprint density at radius 3 is 2.21 bits per heavy atom. The summed E-state index contributed by atoms with van der Waals surface area (Å²) in [6.07, 6.45) is 4.64. The molecule has 0 radical (unpaired) electrons. The highest BCUT2D eigenvalue weighted by Gasteiger charge is 2.26. The van der Waals surface area contributed by atoms with Crippen molar-refractivity contribution in [1.29, 1.82) is 0 Å². The molecule has 2 saturated heterocycles. The molecule has 0 spiro atoms.